The molecule has 0 aliphatic heterocycles. The average Bonchev–Trinajstić information content (AvgIpc) is 2.14. The van der Waals surface area contributed by atoms with E-state index in [-0.39, 0.29) is 0 Å². The van der Waals surface area contributed by atoms with Crippen LogP contribution < -0.4 is 5.32 Å². The number of hydrogen-bond acceptors (Lipinski definition) is 1. The van der Waals surface area contributed by atoms with E-state index in [1.807, 2.05) is 0 Å². The van der Waals surface area contributed by atoms with Gasteiger partial charge in [-0.3, -0.25) is 0 Å². The van der Waals surface area contributed by atoms with Crippen molar-refractivity contribution in [2.24, 2.45) is 11.8 Å². The molecule has 10 heavy (non-hydrogen) atoms. The van der Waals surface area contributed by atoms with Gasteiger partial charge in [0, 0.05) is 6.04 Å². The molecule has 58 valence electrons. The van der Waals surface area contributed by atoms with Crippen molar-refractivity contribution in [3.63, 3.8) is 0 Å². The minimum absolute atomic E-state index is 0.845. The summed E-state index contributed by atoms with van der Waals surface area (Å²) in [5, 5.41) is 3.40. The number of fused-ring (bicyclic) bond motifs is 3. The van der Waals surface area contributed by atoms with Crippen LogP contribution in [0.4, 0.5) is 0 Å². The monoisotopic (exact) mass is 139 g/mol. The van der Waals surface area contributed by atoms with Gasteiger partial charge in [-0.1, -0.05) is 0 Å². The zero-order chi connectivity index (χ0) is 6.97. The molecule has 1 N–H and O–H groups in total. The van der Waals surface area contributed by atoms with Crippen LogP contribution in [0.3, 0.4) is 0 Å². The van der Waals surface area contributed by atoms with Gasteiger partial charge in [0.05, 0.1) is 0 Å². The van der Waals surface area contributed by atoms with E-state index in [9.17, 15) is 0 Å². The van der Waals surface area contributed by atoms with E-state index in [2.05, 4.69) is 12.4 Å². The predicted molar refractivity (Wildman–Crippen MR) is 42.9 cm³/mol. The van der Waals surface area contributed by atoms with Crippen molar-refractivity contribution >= 4 is 0 Å². The summed E-state index contributed by atoms with van der Waals surface area (Å²) in [5.41, 5.74) is 0. The summed E-state index contributed by atoms with van der Waals surface area (Å²) < 4.78 is 0. The molecule has 3 saturated carbocycles. The summed E-state index contributed by atoms with van der Waals surface area (Å²) in [6.07, 6.45) is 7.45. The first-order chi connectivity index (χ1) is 4.88. The van der Waals surface area contributed by atoms with Crippen molar-refractivity contribution < 1.29 is 0 Å². The lowest BCUT2D eigenvalue weighted by Crippen LogP contribution is -2.27. The Bertz CT molecular complexity index is 116. The molecule has 1 atom stereocenters. The van der Waals surface area contributed by atoms with Crippen LogP contribution >= 0.6 is 0 Å². The van der Waals surface area contributed by atoms with Gasteiger partial charge in [0.15, 0.2) is 0 Å². The van der Waals surface area contributed by atoms with Crippen LogP contribution in [0.2, 0.25) is 0 Å². The van der Waals surface area contributed by atoms with Gasteiger partial charge in [-0.05, 0) is 51.0 Å². The Morgan fingerprint density at radius 2 is 1.80 bits per heavy atom. The summed E-state index contributed by atoms with van der Waals surface area (Å²) >= 11 is 0. The lowest BCUT2D eigenvalue weighted by molar-refractivity contribution is 0.196. The number of hydrogen-bond donors (Lipinski definition) is 1. The first-order valence-electron chi connectivity index (χ1n) is 4.55. The second-order valence-electron chi connectivity index (χ2n) is 4.00. The molecular weight excluding hydrogens is 122 g/mol. The normalized spacial score (nSPS) is 45.9. The number of rotatable bonds is 1. The summed E-state index contributed by atoms with van der Waals surface area (Å²) in [7, 11) is 2.10. The standard InChI is InChI=1S/C9H17N/c1-10-9-3-2-7-4-8(5-7)6-9/h7-10H,2-6H2,1H3. The van der Waals surface area contributed by atoms with Gasteiger partial charge >= 0.3 is 0 Å². The Kier molecular flexibility index (Phi) is 1.69. The van der Waals surface area contributed by atoms with Gasteiger partial charge in [0.1, 0.15) is 0 Å². The van der Waals surface area contributed by atoms with E-state index in [1.165, 1.54) is 32.1 Å². The molecule has 3 fully saturated rings. The molecule has 0 aromatic rings. The van der Waals surface area contributed by atoms with Crippen molar-refractivity contribution in [2.75, 3.05) is 7.05 Å². The van der Waals surface area contributed by atoms with Crippen molar-refractivity contribution in [3.05, 3.63) is 0 Å². The SMILES string of the molecule is CNC1CCC2CC(C2)C1. The Labute approximate surface area is 63.2 Å². The van der Waals surface area contributed by atoms with Crippen LogP contribution in [0.15, 0.2) is 0 Å². The second-order valence-corrected chi connectivity index (χ2v) is 4.00. The molecule has 0 aromatic carbocycles. The van der Waals surface area contributed by atoms with Crippen molar-refractivity contribution in [3.8, 4) is 0 Å². The van der Waals surface area contributed by atoms with Gasteiger partial charge in [-0.15, -0.1) is 0 Å². The molecule has 2 bridgehead atoms. The van der Waals surface area contributed by atoms with Gasteiger partial charge in [-0.25, -0.2) is 0 Å². The molecule has 0 radical (unpaired) electrons. The first-order valence-corrected chi connectivity index (χ1v) is 4.55. The zero-order valence-electron chi connectivity index (χ0n) is 6.77. The van der Waals surface area contributed by atoms with E-state index in [4.69, 9.17) is 0 Å². The van der Waals surface area contributed by atoms with Crippen LogP contribution in [0, 0.1) is 11.8 Å². The minimum atomic E-state index is 0.845. The highest BCUT2D eigenvalue weighted by Crippen LogP contribution is 2.43. The lowest BCUT2D eigenvalue weighted by Gasteiger charge is -2.32. The lowest BCUT2D eigenvalue weighted by atomic mass is 9.74. The van der Waals surface area contributed by atoms with Gasteiger partial charge in [0.25, 0.3) is 0 Å². The van der Waals surface area contributed by atoms with Crippen LogP contribution in [-0.2, 0) is 0 Å². The molecule has 1 nitrogen and oxygen atoms in total. The Morgan fingerprint density at radius 3 is 2.50 bits per heavy atom. The maximum absolute atomic E-state index is 3.40. The van der Waals surface area contributed by atoms with Crippen LogP contribution in [0.1, 0.15) is 32.1 Å². The van der Waals surface area contributed by atoms with Crippen LogP contribution in [0.25, 0.3) is 0 Å². The maximum Gasteiger partial charge on any atom is 0.00668 e. The highest BCUT2D eigenvalue weighted by atomic mass is 14.9. The summed E-state index contributed by atoms with van der Waals surface area (Å²) in [4.78, 5) is 0. The zero-order valence-corrected chi connectivity index (χ0v) is 6.77. The molecule has 1 heteroatoms. The number of nitrogens with one attached hydrogen (secondary N) is 1. The predicted octanol–water partition coefficient (Wildman–Crippen LogP) is 1.78. The average molecular weight is 139 g/mol. The molecule has 0 saturated heterocycles. The molecular formula is C9H17N. The van der Waals surface area contributed by atoms with Crippen molar-refractivity contribution in [1.82, 2.24) is 5.32 Å². The quantitative estimate of drug-likeness (QED) is 0.584. The summed E-state index contributed by atoms with van der Waals surface area (Å²) in [6, 6.07) is 0.845. The smallest absolute Gasteiger partial charge is 0.00668 e. The van der Waals surface area contributed by atoms with Gasteiger partial charge in [-0.2, -0.15) is 0 Å². The molecule has 0 amide bonds. The molecule has 3 rings (SSSR count). The Hall–Kier alpha value is -0.0400. The second kappa shape index (κ2) is 2.54. The van der Waals surface area contributed by atoms with Crippen molar-refractivity contribution in [1.29, 1.82) is 0 Å². The topological polar surface area (TPSA) is 12.0 Å². The molecule has 0 heterocycles. The van der Waals surface area contributed by atoms with Crippen LogP contribution in [0.5, 0.6) is 0 Å². The third-order valence-electron chi connectivity index (χ3n) is 3.28. The highest BCUT2D eigenvalue weighted by Gasteiger charge is 2.33. The van der Waals surface area contributed by atoms with E-state index in [0.29, 0.717) is 0 Å². The van der Waals surface area contributed by atoms with E-state index in [0.717, 1.165) is 17.9 Å². The fourth-order valence-corrected chi connectivity index (χ4v) is 2.52. The van der Waals surface area contributed by atoms with Crippen molar-refractivity contribution in [2.45, 2.75) is 38.1 Å². The molecule has 0 spiro atoms. The Balaban J connectivity index is 1.91. The molecule has 3 aliphatic rings. The third-order valence-corrected chi connectivity index (χ3v) is 3.28. The van der Waals surface area contributed by atoms with Crippen LogP contribution in [-0.4, -0.2) is 13.1 Å². The maximum atomic E-state index is 3.40. The molecule has 3 aliphatic carbocycles. The fraction of sp³-hybridized carbons (Fsp3) is 1.00. The van der Waals surface area contributed by atoms with Gasteiger partial charge < -0.3 is 5.32 Å². The van der Waals surface area contributed by atoms with E-state index in [1.54, 1.807) is 0 Å². The minimum Gasteiger partial charge on any atom is -0.317 e. The van der Waals surface area contributed by atoms with E-state index < -0.39 is 0 Å². The fourth-order valence-electron chi connectivity index (χ4n) is 2.52. The van der Waals surface area contributed by atoms with Gasteiger partial charge in [0.2, 0.25) is 0 Å². The molecule has 0 aromatic heterocycles. The molecule has 1 unspecified atom stereocenters. The third kappa shape index (κ3) is 1.07. The van der Waals surface area contributed by atoms with E-state index >= 15 is 0 Å². The highest BCUT2D eigenvalue weighted by molar-refractivity contribution is 4.87. The summed E-state index contributed by atoms with van der Waals surface area (Å²) in [6.45, 7) is 0. The first kappa shape index (κ1) is 6.66. The Morgan fingerprint density at radius 1 is 1.00 bits per heavy atom. The summed E-state index contributed by atoms with van der Waals surface area (Å²) in [5.74, 6) is 2.20. The largest absolute Gasteiger partial charge is 0.317 e.